The van der Waals surface area contributed by atoms with Crippen LogP contribution in [0.4, 0.5) is 45.5 Å². The second-order valence-corrected chi connectivity index (χ2v) is 28.9. The van der Waals surface area contributed by atoms with Crippen molar-refractivity contribution in [2.75, 3.05) is 15.1 Å². The summed E-state index contributed by atoms with van der Waals surface area (Å²) in [5.74, 6) is 0. The van der Waals surface area contributed by atoms with Crippen LogP contribution in [0.25, 0.3) is 54.3 Å². The molecule has 0 spiro atoms. The molecule has 1 aliphatic heterocycles. The minimum absolute atomic E-state index is 0.00284. The highest BCUT2D eigenvalue weighted by Crippen LogP contribution is 2.52. The molecule has 9 aromatic carbocycles. The molecule has 13 rings (SSSR count). The standard InChI is InChI=1S/C76H76BN3OS/c1-72(2,3)48-27-33-52(34-28-48)79(53-35-29-49(30-36-53)73(4,5)6)54-37-39-62(78-51-32-38-60-61(44-51)76(12,13)42-41-75(60,10)11)59(45-54)67-68-64(46-58-55-23-17-19-25-65(55)81-70(58)67)80(69-56-24-18-20-26-66(56)82-71(69)77-68)63-40-31-50(74(7,8)9)43-57(63)47-21-15-14-16-22-47/h14-40,43-46,77-78H,41-42H2,1-13H3. The number of anilines is 8. The van der Waals surface area contributed by atoms with Crippen molar-refractivity contribution in [1.29, 1.82) is 0 Å². The van der Waals surface area contributed by atoms with E-state index in [2.05, 4.69) is 293 Å². The number of benzene rings is 9. The third-order valence-corrected chi connectivity index (χ3v) is 19.2. The predicted molar refractivity (Wildman–Crippen MR) is 357 cm³/mol. The smallest absolute Gasteiger partial charge is 0.211 e. The lowest BCUT2D eigenvalue weighted by Crippen LogP contribution is -2.39. The van der Waals surface area contributed by atoms with Gasteiger partial charge in [0.25, 0.3) is 0 Å². The SMILES string of the molecule is CC(C)(C)c1ccc(N(c2ccc(C(C)(C)C)cc2)c2ccc(Nc3ccc4c(c3)C(C)(C)CCC4(C)C)c(-c3c4c(cc5c3oc3ccccc35)N(c3ccc(C(C)(C)C)cc3-c3ccccc3)c3c(sc5ccccc35)B4)c2)cc1. The number of thiophene rings is 1. The summed E-state index contributed by atoms with van der Waals surface area (Å²) in [5, 5.41) is 7.60. The predicted octanol–water partition coefficient (Wildman–Crippen LogP) is 20.8. The average molecular weight is 1090 g/mol. The molecule has 82 heavy (non-hydrogen) atoms. The minimum atomic E-state index is -0.0628. The number of nitrogens with one attached hydrogen (secondary N) is 1. The maximum atomic E-state index is 7.37. The molecule has 1 N–H and O–H groups in total. The fourth-order valence-electron chi connectivity index (χ4n) is 13.0. The molecule has 0 saturated heterocycles. The van der Waals surface area contributed by atoms with Crippen molar-refractivity contribution in [3.8, 4) is 22.3 Å². The van der Waals surface area contributed by atoms with Gasteiger partial charge in [-0.15, -0.1) is 11.3 Å². The van der Waals surface area contributed by atoms with Crippen LogP contribution in [0.3, 0.4) is 0 Å². The van der Waals surface area contributed by atoms with E-state index >= 15 is 0 Å². The Bertz CT molecular complexity index is 4220. The first kappa shape index (κ1) is 53.5. The molecule has 0 fully saturated rings. The molecule has 0 saturated carbocycles. The van der Waals surface area contributed by atoms with Gasteiger partial charge in [0.05, 0.1) is 11.4 Å². The molecule has 0 amide bonds. The van der Waals surface area contributed by atoms with Crippen LogP contribution in [0.5, 0.6) is 0 Å². The Kier molecular flexibility index (Phi) is 12.7. The molecule has 1 aliphatic carbocycles. The van der Waals surface area contributed by atoms with E-state index < -0.39 is 0 Å². The molecular formula is C76H76BN3OS. The van der Waals surface area contributed by atoms with Gasteiger partial charge in [0.1, 0.15) is 11.2 Å². The van der Waals surface area contributed by atoms with Crippen LogP contribution < -0.4 is 25.4 Å². The van der Waals surface area contributed by atoms with Crippen molar-refractivity contribution in [2.45, 2.75) is 130 Å². The Balaban J connectivity index is 1.13. The number of hydrogen-bond acceptors (Lipinski definition) is 5. The van der Waals surface area contributed by atoms with Gasteiger partial charge in [-0.2, -0.15) is 0 Å². The van der Waals surface area contributed by atoms with Crippen LogP contribution in [-0.4, -0.2) is 7.28 Å². The van der Waals surface area contributed by atoms with E-state index in [0.717, 1.165) is 86.6 Å². The summed E-state index contributed by atoms with van der Waals surface area (Å²) in [4.78, 5) is 5.07. The summed E-state index contributed by atoms with van der Waals surface area (Å²) in [7, 11) is 0.724. The number of para-hydroxylation sites is 1. The summed E-state index contributed by atoms with van der Waals surface area (Å²) < 4.78 is 9.98. The monoisotopic (exact) mass is 1090 g/mol. The number of fused-ring (bicyclic) bond motifs is 8. The molecule has 2 aromatic heterocycles. The third-order valence-electron chi connectivity index (χ3n) is 18.0. The summed E-state index contributed by atoms with van der Waals surface area (Å²) in [6.45, 7) is 30.4. The van der Waals surface area contributed by atoms with Crippen LogP contribution in [0.1, 0.15) is 131 Å². The Hall–Kier alpha value is -7.80. The Labute approximate surface area is 491 Å². The minimum Gasteiger partial charge on any atom is -0.455 e. The highest BCUT2D eigenvalue weighted by atomic mass is 32.1. The van der Waals surface area contributed by atoms with Crippen molar-refractivity contribution in [3.63, 3.8) is 0 Å². The van der Waals surface area contributed by atoms with Gasteiger partial charge in [0, 0.05) is 71.7 Å². The summed E-state index contributed by atoms with van der Waals surface area (Å²) in [5.41, 5.74) is 23.3. The third kappa shape index (κ3) is 9.32. The number of nitrogens with zero attached hydrogens (tertiary/aromatic N) is 2. The van der Waals surface area contributed by atoms with Gasteiger partial charge in [-0.3, -0.25) is 0 Å². The Morgan fingerprint density at radius 3 is 1.76 bits per heavy atom. The molecule has 0 radical (unpaired) electrons. The fraction of sp³-hybridized carbons (Fsp3) is 0.263. The molecule has 0 unspecified atom stereocenters. The van der Waals surface area contributed by atoms with E-state index in [1.807, 2.05) is 11.3 Å². The van der Waals surface area contributed by atoms with Gasteiger partial charge in [0.15, 0.2) is 0 Å². The van der Waals surface area contributed by atoms with Crippen LogP contribution >= 0.6 is 11.3 Å². The molecule has 410 valence electrons. The van der Waals surface area contributed by atoms with E-state index in [9.17, 15) is 0 Å². The van der Waals surface area contributed by atoms with Gasteiger partial charge in [-0.25, -0.2) is 0 Å². The van der Waals surface area contributed by atoms with Crippen LogP contribution in [-0.2, 0) is 27.1 Å². The molecule has 2 aliphatic rings. The van der Waals surface area contributed by atoms with Crippen molar-refractivity contribution < 1.29 is 4.42 Å². The van der Waals surface area contributed by atoms with E-state index in [4.69, 9.17) is 4.42 Å². The largest absolute Gasteiger partial charge is 0.455 e. The van der Waals surface area contributed by atoms with Crippen molar-refractivity contribution >= 4 is 106 Å². The molecule has 0 atom stereocenters. The van der Waals surface area contributed by atoms with E-state index in [1.54, 1.807) is 0 Å². The summed E-state index contributed by atoms with van der Waals surface area (Å²) in [6, 6.07) is 71.0. The molecule has 0 bridgehead atoms. The topological polar surface area (TPSA) is 31.6 Å². The van der Waals surface area contributed by atoms with E-state index in [1.165, 1.54) is 71.4 Å². The first-order chi connectivity index (χ1) is 39.0. The quantitative estimate of drug-likeness (QED) is 0.154. The van der Waals surface area contributed by atoms with Crippen LogP contribution in [0, 0.1) is 0 Å². The second kappa shape index (κ2) is 19.4. The van der Waals surface area contributed by atoms with Gasteiger partial charge < -0.3 is 19.5 Å². The molecule has 11 aromatic rings. The first-order valence-corrected chi connectivity index (χ1v) is 30.4. The van der Waals surface area contributed by atoms with Crippen LogP contribution in [0.15, 0.2) is 192 Å². The van der Waals surface area contributed by atoms with Crippen molar-refractivity contribution in [1.82, 2.24) is 0 Å². The van der Waals surface area contributed by atoms with Crippen molar-refractivity contribution in [2.24, 2.45) is 0 Å². The van der Waals surface area contributed by atoms with Gasteiger partial charge in [-0.1, -0.05) is 193 Å². The second-order valence-electron chi connectivity index (χ2n) is 27.8. The van der Waals surface area contributed by atoms with Crippen LogP contribution in [0.2, 0.25) is 0 Å². The van der Waals surface area contributed by atoms with E-state index in [-0.39, 0.29) is 27.1 Å². The lowest BCUT2D eigenvalue weighted by atomic mass is 9.61. The highest BCUT2D eigenvalue weighted by Gasteiger charge is 2.39. The fourth-order valence-corrected chi connectivity index (χ4v) is 14.3. The normalized spacial score (nSPS) is 14.8. The zero-order chi connectivity index (χ0) is 57.3. The Morgan fingerprint density at radius 2 is 1.10 bits per heavy atom. The van der Waals surface area contributed by atoms with Gasteiger partial charge in [0.2, 0.25) is 7.28 Å². The maximum Gasteiger partial charge on any atom is 0.211 e. The highest BCUT2D eigenvalue weighted by molar-refractivity contribution is 7.29. The maximum absolute atomic E-state index is 7.37. The summed E-state index contributed by atoms with van der Waals surface area (Å²) >= 11 is 1.92. The number of furan rings is 1. The number of rotatable bonds is 8. The lowest BCUT2D eigenvalue weighted by Gasteiger charge is -2.42. The molecular weight excluding hydrogens is 1010 g/mol. The van der Waals surface area contributed by atoms with Gasteiger partial charge >= 0.3 is 0 Å². The molecule has 4 nitrogen and oxygen atoms in total. The molecule has 3 heterocycles. The van der Waals surface area contributed by atoms with E-state index in [0.29, 0.717) is 0 Å². The Morgan fingerprint density at radius 1 is 0.512 bits per heavy atom. The van der Waals surface area contributed by atoms with Crippen molar-refractivity contribution in [3.05, 3.63) is 216 Å². The van der Waals surface area contributed by atoms with Gasteiger partial charge in [-0.05, 0) is 168 Å². The zero-order valence-electron chi connectivity index (χ0n) is 50.2. The summed E-state index contributed by atoms with van der Waals surface area (Å²) in [6.07, 6.45) is 2.31. The first-order valence-electron chi connectivity index (χ1n) is 29.6. The zero-order valence-corrected chi connectivity index (χ0v) is 51.0. The lowest BCUT2D eigenvalue weighted by molar-refractivity contribution is 0.332. The average Bonchev–Trinajstić information content (AvgIpc) is 1.96. The number of hydrogen-bond donors (Lipinski definition) is 1. The molecule has 6 heteroatoms.